The second kappa shape index (κ2) is 5.60. The Morgan fingerprint density at radius 3 is 3.31 bits per heavy atom. The van der Waals surface area contributed by atoms with E-state index in [0.717, 1.165) is 19.4 Å². The molecule has 0 aromatic rings. The smallest absolute Gasteiger partial charge is 0.177 e. The average molecular weight is 181 g/mol. The fourth-order valence-electron chi connectivity index (χ4n) is 1.37. The van der Waals surface area contributed by atoms with Crippen molar-refractivity contribution < 1.29 is 9.57 Å². The highest BCUT2D eigenvalue weighted by Gasteiger charge is 2.17. The Kier molecular flexibility index (Phi) is 4.34. The molecule has 1 heterocycles. The third kappa shape index (κ3) is 3.95. The molecule has 3 nitrogen and oxygen atoms in total. The van der Waals surface area contributed by atoms with Gasteiger partial charge in [-0.15, -0.1) is 6.42 Å². The maximum absolute atomic E-state index is 5.40. The van der Waals surface area contributed by atoms with Crippen molar-refractivity contribution in [1.82, 2.24) is 0 Å². The summed E-state index contributed by atoms with van der Waals surface area (Å²) in [6.45, 7) is 3.13. The Bertz CT molecular complexity index is 207. The van der Waals surface area contributed by atoms with Gasteiger partial charge >= 0.3 is 0 Å². The molecule has 0 N–H and O–H groups in total. The molecule has 1 aliphatic rings. The van der Waals surface area contributed by atoms with Crippen molar-refractivity contribution in [2.45, 2.75) is 25.9 Å². The summed E-state index contributed by atoms with van der Waals surface area (Å²) in [5.41, 5.74) is 0. The van der Waals surface area contributed by atoms with E-state index in [2.05, 4.69) is 18.0 Å². The Morgan fingerprint density at radius 1 is 1.77 bits per heavy atom. The van der Waals surface area contributed by atoms with Crippen molar-refractivity contribution in [2.75, 3.05) is 13.2 Å². The van der Waals surface area contributed by atoms with Crippen LogP contribution in [0.1, 0.15) is 19.8 Å². The van der Waals surface area contributed by atoms with Gasteiger partial charge in [-0.3, -0.25) is 0 Å². The summed E-state index contributed by atoms with van der Waals surface area (Å²) in [4.78, 5) is 4.81. The first-order chi connectivity index (χ1) is 6.33. The van der Waals surface area contributed by atoms with Crippen LogP contribution < -0.4 is 0 Å². The van der Waals surface area contributed by atoms with Gasteiger partial charge in [0, 0.05) is 18.7 Å². The van der Waals surface area contributed by atoms with Crippen molar-refractivity contribution in [3.8, 4) is 12.3 Å². The minimum atomic E-state index is 0.245. The van der Waals surface area contributed by atoms with E-state index in [1.54, 1.807) is 0 Å². The van der Waals surface area contributed by atoms with Crippen LogP contribution in [0.25, 0.3) is 0 Å². The van der Waals surface area contributed by atoms with Crippen LogP contribution in [-0.2, 0) is 9.57 Å². The summed E-state index contributed by atoms with van der Waals surface area (Å²) in [6.07, 6.45) is 9.20. The lowest BCUT2D eigenvalue weighted by Gasteiger charge is -2.23. The Hall–Kier alpha value is -1.01. The number of terminal acetylenes is 1. The Balaban J connectivity index is 2.20. The lowest BCUT2D eigenvalue weighted by Crippen LogP contribution is -2.23. The van der Waals surface area contributed by atoms with Gasteiger partial charge in [0.05, 0.1) is 6.10 Å². The van der Waals surface area contributed by atoms with Crippen molar-refractivity contribution >= 4 is 6.21 Å². The second-order valence-corrected chi connectivity index (χ2v) is 3.20. The molecule has 2 atom stereocenters. The molecule has 0 aromatic carbocycles. The molecule has 0 radical (unpaired) electrons. The number of hydrogen-bond acceptors (Lipinski definition) is 3. The van der Waals surface area contributed by atoms with Gasteiger partial charge in [0.2, 0.25) is 0 Å². The predicted octanol–water partition coefficient (Wildman–Crippen LogP) is 1.44. The summed E-state index contributed by atoms with van der Waals surface area (Å²) in [5.74, 6) is 2.83. The summed E-state index contributed by atoms with van der Waals surface area (Å²) in [7, 11) is 0. The molecule has 0 spiro atoms. The normalized spacial score (nSPS) is 28.6. The molecule has 1 fully saturated rings. The molecule has 0 saturated carbocycles. The van der Waals surface area contributed by atoms with Crippen LogP contribution in [0.5, 0.6) is 0 Å². The highest BCUT2D eigenvalue weighted by Crippen LogP contribution is 2.17. The number of oxime groups is 1. The zero-order chi connectivity index (χ0) is 9.52. The van der Waals surface area contributed by atoms with E-state index in [1.807, 2.05) is 6.21 Å². The molecule has 13 heavy (non-hydrogen) atoms. The van der Waals surface area contributed by atoms with Crippen LogP contribution in [0.4, 0.5) is 0 Å². The third-order valence-electron chi connectivity index (χ3n) is 2.02. The van der Waals surface area contributed by atoms with Crippen LogP contribution >= 0.6 is 0 Å². The van der Waals surface area contributed by atoms with E-state index < -0.39 is 0 Å². The van der Waals surface area contributed by atoms with Crippen molar-refractivity contribution in [1.29, 1.82) is 0 Å². The molecule has 72 valence electrons. The molecule has 0 amide bonds. The fraction of sp³-hybridized carbons (Fsp3) is 0.700. The highest BCUT2D eigenvalue weighted by molar-refractivity contribution is 5.60. The molecule has 0 aromatic heterocycles. The molecule has 0 aliphatic carbocycles. The first-order valence-electron chi connectivity index (χ1n) is 4.53. The first-order valence-corrected chi connectivity index (χ1v) is 4.53. The molecule has 3 heteroatoms. The topological polar surface area (TPSA) is 30.8 Å². The van der Waals surface area contributed by atoms with Crippen LogP contribution in [-0.4, -0.2) is 25.5 Å². The van der Waals surface area contributed by atoms with E-state index in [4.69, 9.17) is 16.0 Å². The number of rotatable bonds is 3. The summed E-state index contributed by atoms with van der Waals surface area (Å²) < 4.78 is 5.40. The lowest BCUT2D eigenvalue weighted by molar-refractivity contribution is 0.0164. The zero-order valence-corrected chi connectivity index (χ0v) is 7.90. The summed E-state index contributed by atoms with van der Waals surface area (Å²) >= 11 is 0. The van der Waals surface area contributed by atoms with Crippen LogP contribution in [0.2, 0.25) is 0 Å². The van der Waals surface area contributed by atoms with Crippen molar-refractivity contribution in [2.24, 2.45) is 11.1 Å². The van der Waals surface area contributed by atoms with Crippen molar-refractivity contribution in [3.05, 3.63) is 0 Å². The van der Waals surface area contributed by atoms with Gasteiger partial charge in [0.15, 0.2) is 6.61 Å². The minimum Gasteiger partial charge on any atom is -0.383 e. The van der Waals surface area contributed by atoms with Gasteiger partial charge < -0.3 is 9.57 Å². The molecule has 1 aliphatic heterocycles. The largest absolute Gasteiger partial charge is 0.383 e. The average Bonchev–Trinajstić information content (AvgIpc) is 2.13. The number of hydrogen-bond donors (Lipinski definition) is 0. The van der Waals surface area contributed by atoms with Crippen LogP contribution in [0.15, 0.2) is 5.16 Å². The molecular weight excluding hydrogens is 166 g/mol. The summed E-state index contributed by atoms with van der Waals surface area (Å²) in [6, 6.07) is 0. The fourth-order valence-corrected chi connectivity index (χ4v) is 1.37. The molecule has 1 saturated heterocycles. The van der Waals surface area contributed by atoms with E-state index in [1.165, 1.54) is 0 Å². The standard InChI is InChI=1S/C10H15NO2/c1-3-5-13-11-8-10-4-6-12-9(2)7-10/h1,8-10H,4-7H2,2H3/b11-8+. The quantitative estimate of drug-likeness (QED) is 0.285. The molecule has 1 rings (SSSR count). The maximum Gasteiger partial charge on any atom is 0.177 e. The van der Waals surface area contributed by atoms with Gasteiger partial charge in [-0.05, 0) is 19.8 Å². The molecule has 2 unspecified atom stereocenters. The summed E-state index contributed by atoms with van der Waals surface area (Å²) in [5, 5.41) is 3.80. The van der Waals surface area contributed by atoms with E-state index in [9.17, 15) is 0 Å². The second-order valence-electron chi connectivity index (χ2n) is 3.20. The van der Waals surface area contributed by atoms with E-state index in [-0.39, 0.29) is 6.61 Å². The highest BCUT2D eigenvalue weighted by atomic mass is 16.6. The van der Waals surface area contributed by atoms with E-state index >= 15 is 0 Å². The lowest BCUT2D eigenvalue weighted by atomic mass is 9.98. The van der Waals surface area contributed by atoms with Crippen LogP contribution in [0.3, 0.4) is 0 Å². The predicted molar refractivity (Wildman–Crippen MR) is 51.4 cm³/mol. The zero-order valence-electron chi connectivity index (χ0n) is 7.90. The molecule has 0 bridgehead atoms. The number of ether oxygens (including phenoxy) is 1. The maximum atomic E-state index is 5.40. The van der Waals surface area contributed by atoms with E-state index in [0.29, 0.717) is 12.0 Å². The Labute approximate surface area is 79.1 Å². The SMILES string of the molecule is C#CCO/N=C/C1CCOC(C)C1. The Morgan fingerprint density at radius 2 is 2.62 bits per heavy atom. The van der Waals surface area contributed by atoms with Gasteiger partial charge in [0.25, 0.3) is 0 Å². The van der Waals surface area contributed by atoms with Gasteiger partial charge in [-0.1, -0.05) is 11.1 Å². The number of nitrogens with zero attached hydrogens (tertiary/aromatic N) is 1. The first kappa shape index (κ1) is 10.1. The third-order valence-corrected chi connectivity index (χ3v) is 2.02. The minimum absolute atomic E-state index is 0.245. The van der Waals surface area contributed by atoms with Gasteiger partial charge in [0.1, 0.15) is 0 Å². The van der Waals surface area contributed by atoms with Gasteiger partial charge in [-0.2, -0.15) is 0 Å². The van der Waals surface area contributed by atoms with Crippen molar-refractivity contribution in [3.63, 3.8) is 0 Å². The van der Waals surface area contributed by atoms with Gasteiger partial charge in [-0.25, -0.2) is 0 Å². The molecular formula is C10H15NO2. The van der Waals surface area contributed by atoms with Crippen LogP contribution in [0, 0.1) is 18.3 Å². The monoisotopic (exact) mass is 181 g/mol.